The highest BCUT2D eigenvalue weighted by Gasteiger charge is 2.20. The fourth-order valence-electron chi connectivity index (χ4n) is 2.37. The Kier molecular flexibility index (Phi) is 6.82. The smallest absolute Gasteiger partial charge is 0.194 e. The first-order chi connectivity index (χ1) is 10.3. The van der Waals surface area contributed by atoms with Crippen LogP contribution in [-0.2, 0) is 4.74 Å². The van der Waals surface area contributed by atoms with Crippen molar-refractivity contribution in [1.82, 2.24) is 10.2 Å². The van der Waals surface area contributed by atoms with Gasteiger partial charge in [0.25, 0.3) is 0 Å². The molecular formula is C15H26N4OS. The molecule has 0 atom stereocenters. The zero-order valence-electron chi connectivity index (χ0n) is 13.0. The first-order valence-electron chi connectivity index (χ1n) is 7.74. The van der Waals surface area contributed by atoms with E-state index in [1.807, 2.05) is 18.3 Å². The molecule has 0 aliphatic carbocycles. The number of hydrogen-bond donors (Lipinski definition) is 1. The van der Waals surface area contributed by atoms with Crippen molar-refractivity contribution in [3.63, 3.8) is 0 Å². The van der Waals surface area contributed by atoms with Crippen LogP contribution in [0.2, 0.25) is 0 Å². The summed E-state index contributed by atoms with van der Waals surface area (Å²) in [5, 5.41) is 6.89. The van der Waals surface area contributed by atoms with Crippen molar-refractivity contribution in [1.29, 1.82) is 0 Å². The lowest BCUT2D eigenvalue weighted by Gasteiger charge is -2.37. The van der Waals surface area contributed by atoms with Gasteiger partial charge in [-0.25, -0.2) is 0 Å². The molecule has 2 rings (SSSR count). The maximum absolute atomic E-state index is 5.36. The second-order valence-electron chi connectivity index (χ2n) is 4.86. The normalized spacial score (nSPS) is 16.4. The molecule has 0 unspecified atom stereocenters. The molecule has 1 aliphatic rings. The van der Waals surface area contributed by atoms with Crippen molar-refractivity contribution >= 4 is 22.3 Å². The molecular weight excluding hydrogens is 284 g/mol. The van der Waals surface area contributed by atoms with Gasteiger partial charge >= 0.3 is 0 Å². The summed E-state index contributed by atoms with van der Waals surface area (Å²) < 4.78 is 5.36. The molecule has 1 aromatic rings. The Balaban J connectivity index is 1.84. The third-order valence-electron chi connectivity index (χ3n) is 3.43. The highest BCUT2D eigenvalue weighted by atomic mass is 32.1. The van der Waals surface area contributed by atoms with Crippen LogP contribution in [0.1, 0.15) is 13.8 Å². The van der Waals surface area contributed by atoms with Gasteiger partial charge in [0.2, 0.25) is 0 Å². The number of piperazine rings is 1. The van der Waals surface area contributed by atoms with E-state index in [4.69, 9.17) is 4.74 Å². The predicted molar refractivity (Wildman–Crippen MR) is 90.6 cm³/mol. The quantitative estimate of drug-likeness (QED) is 0.495. The van der Waals surface area contributed by atoms with Gasteiger partial charge in [-0.15, -0.1) is 11.3 Å². The highest BCUT2D eigenvalue weighted by molar-refractivity contribution is 7.14. The number of hydrogen-bond acceptors (Lipinski definition) is 4. The predicted octanol–water partition coefficient (Wildman–Crippen LogP) is 1.87. The summed E-state index contributed by atoms with van der Waals surface area (Å²) >= 11 is 1.81. The summed E-state index contributed by atoms with van der Waals surface area (Å²) in [5.74, 6) is 1.02. The van der Waals surface area contributed by atoms with Crippen LogP contribution < -0.4 is 10.2 Å². The van der Waals surface area contributed by atoms with Crippen LogP contribution in [0.15, 0.2) is 22.5 Å². The molecule has 118 valence electrons. The number of rotatable bonds is 6. The zero-order chi connectivity index (χ0) is 14.9. The number of nitrogens with zero attached hydrogens (tertiary/aromatic N) is 3. The number of guanidine groups is 1. The van der Waals surface area contributed by atoms with Gasteiger partial charge < -0.3 is 19.9 Å². The maximum atomic E-state index is 5.36. The van der Waals surface area contributed by atoms with Gasteiger partial charge in [-0.1, -0.05) is 0 Å². The van der Waals surface area contributed by atoms with Crippen molar-refractivity contribution in [2.24, 2.45) is 4.99 Å². The van der Waals surface area contributed by atoms with Gasteiger partial charge in [0, 0.05) is 39.3 Å². The minimum atomic E-state index is 0.695. The van der Waals surface area contributed by atoms with Crippen LogP contribution >= 0.6 is 11.3 Å². The maximum Gasteiger partial charge on any atom is 0.194 e. The molecule has 0 radical (unpaired) electrons. The van der Waals surface area contributed by atoms with Crippen LogP contribution in [0.5, 0.6) is 0 Å². The van der Waals surface area contributed by atoms with Crippen LogP contribution in [-0.4, -0.2) is 63.3 Å². The Morgan fingerprint density at radius 2 is 2.14 bits per heavy atom. The molecule has 1 aromatic heterocycles. The average molecular weight is 310 g/mol. The van der Waals surface area contributed by atoms with Crippen molar-refractivity contribution in [3.8, 4) is 0 Å². The Morgan fingerprint density at radius 1 is 1.33 bits per heavy atom. The Labute approximate surface area is 131 Å². The lowest BCUT2D eigenvalue weighted by Crippen LogP contribution is -2.52. The van der Waals surface area contributed by atoms with E-state index in [-0.39, 0.29) is 0 Å². The molecule has 0 aromatic carbocycles. The van der Waals surface area contributed by atoms with E-state index >= 15 is 0 Å². The Morgan fingerprint density at radius 3 is 2.76 bits per heavy atom. The first-order valence-corrected chi connectivity index (χ1v) is 8.62. The summed E-state index contributed by atoms with van der Waals surface area (Å²) in [6, 6.07) is 4.31. The topological polar surface area (TPSA) is 40.1 Å². The lowest BCUT2D eigenvalue weighted by molar-refractivity contribution is 0.155. The molecule has 0 saturated carbocycles. The van der Waals surface area contributed by atoms with Gasteiger partial charge in [-0.3, -0.25) is 4.99 Å². The van der Waals surface area contributed by atoms with E-state index in [0.29, 0.717) is 6.61 Å². The highest BCUT2D eigenvalue weighted by Crippen LogP contribution is 2.22. The van der Waals surface area contributed by atoms with E-state index in [2.05, 4.69) is 44.5 Å². The number of thiophene rings is 1. The number of anilines is 1. The average Bonchev–Trinajstić information content (AvgIpc) is 3.05. The summed E-state index contributed by atoms with van der Waals surface area (Å²) in [6.45, 7) is 11.3. The van der Waals surface area contributed by atoms with E-state index in [1.54, 1.807) is 0 Å². The molecule has 0 bridgehead atoms. The summed E-state index contributed by atoms with van der Waals surface area (Å²) in [4.78, 5) is 9.45. The second kappa shape index (κ2) is 8.89. The SMILES string of the molecule is CCNC(=NCCOCC)N1CCN(c2cccs2)CC1. The van der Waals surface area contributed by atoms with E-state index < -0.39 is 0 Å². The minimum absolute atomic E-state index is 0.695. The minimum Gasteiger partial charge on any atom is -0.380 e. The molecule has 1 aliphatic heterocycles. The number of ether oxygens (including phenoxy) is 1. The monoisotopic (exact) mass is 310 g/mol. The fourth-order valence-corrected chi connectivity index (χ4v) is 3.16. The standard InChI is InChI=1S/C15H26N4OS/c1-3-16-15(17-7-12-20-4-2)19-10-8-18(9-11-19)14-6-5-13-21-14/h5-6,13H,3-4,7-12H2,1-2H3,(H,16,17). The molecule has 21 heavy (non-hydrogen) atoms. The summed E-state index contributed by atoms with van der Waals surface area (Å²) in [6.07, 6.45) is 0. The van der Waals surface area contributed by atoms with Gasteiger partial charge in [-0.05, 0) is 31.4 Å². The lowest BCUT2D eigenvalue weighted by atomic mass is 10.3. The summed E-state index contributed by atoms with van der Waals surface area (Å²) in [5.41, 5.74) is 0. The van der Waals surface area contributed by atoms with Gasteiger partial charge in [0.1, 0.15) is 0 Å². The van der Waals surface area contributed by atoms with Gasteiger partial charge in [-0.2, -0.15) is 0 Å². The van der Waals surface area contributed by atoms with Crippen molar-refractivity contribution in [3.05, 3.63) is 17.5 Å². The van der Waals surface area contributed by atoms with Gasteiger partial charge in [0.15, 0.2) is 5.96 Å². The van der Waals surface area contributed by atoms with Crippen LogP contribution in [0.25, 0.3) is 0 Å². The van der Waals surface area contributed by atoms with Crippen molar-refractivity contribution in [2.45, 2.75) is 13.8 Å². The molecule has 2 heterocycles. The van der Waals surface area contributed by atoms with E-state index in [0.717, 1.165) is 51.8 Å². The van der Waals surface area contributed by atoms with E-state index in [9.17, 15) is 0 Å². The van der Waals surface area contributed by atoms with Crippen LogP contribution in [0.3, 0.4) is 0 Å². The third-order valence-corrected chi connectivity index (χ3v) is 4.36. The largest absolute Gasteiger partial charge is 0.380 e. The third kappa shape index (κ3) is 4.89. The molecule has 0 amide bonds. The summed E-state index contributed by atoms with van der Waals surface area (Å²) in [7, 11) is 0. The Hall–Kier alpha value is -1.27. The second-order valence-corrected chi connectivity index (χ2v) is 5.78. The molecule has 1 fully saturated rings. The number of nitrogens with one attached hydrogen (secondary N) is 1. The van der Waals surface area contributed by atoms with Gasteiger partial charge in [0.05, 0.1) is 18.2 Å². The van der Waals surface area contributed by atoms with E-state index in [1.165, 1.54) is 5.00 Å². The van der Waals surface area contributed by atoms with Crippen LogP contribution in [0.4, 0.5) is 5.00 Å². The molecule has 5 nitrogen and oxygen atoms in total. The first kappa shape index (κ1) is 16.1. The fraction of sp³-hybridized carbons (Fsp3) is 0.667. The van der Waals surface area contributed by atoms with Crippen molar-refractivity contribution in [2.75, 3.05) is 57.4 Å². The molecule has 1 N–H and O–H groups in total. The molecule has 1 saturated heterocycles. The van der Waals surface area contributed by atoms with Crippen molar-refractivity contribution < 1.29 is 4.74 Å². The Bertz CT molecular complexity index is 413. The zero-order valence-corrected chi connectivity index (χ0v) is 13.9. The number of aliphatic imine (C=N–C) groups is 1. The molecule has 6 heteroatoms. The van der Waals surface area contributed by atoms with Crippen LogP contribution in [0, 0.1) is 0 Å². The molecule has 0 spiro atoms.